The van der Waals surface area contributed by atoms with Crippen molar-refractivity contribution in [2.75, 3.05) is 7.05 Å². The summed E-state index contributed by atoms with van der Waals surface area (Å²) in [6.07, 6.45) is 1.26. The molecule has 1 aromatic heterocycles. The van der Waals surface area contributed by atoms with E-state index in [1.807, 2.05) is 36.4 Å². The molecular weight excluding hydrogens is 382 g/mol. The molecule has 1 unspecified atom stereocenters. The van der Waals surface area contributed by atoms with Crippen molar-refractivity contribution in [3.63, 3.8) is 0 Å². The molecule has 0 spiro atoms. The van der Waals surface area contributed by atoms with E-state index in [2.05, 4.69) is 10.3 Å². The van der Waals surface area contributed by atoms with E-state index in [0.29, 0.717) is 17.9 Å². The van der Waals surface area contributed by atoms with Gasteiger partial charge in [-0.3, -0.25) is 9.59 Å². The van der Waals surface area contributed by atoms with Crippen LogP contribution in [0.15, 0.2) is 52.9 Å². The Kier molecular flexibility index (Phi) is 5.55. The van der Waals surface area contributed by atoms with E-state index in [4.69, 9.17) is 4.42 Å². The molecular formula is C23H25N3O4. The number of benzene rings is 2. The zero-order chi connectivity index (χ0) is 21.3. The Morgan fingerprint density at radius 3 is 2.60 bits per heavy atom. The third kappa shape index (κ3) is 4.07. The Morgan fingerprint density at radius 2 is 1.90 bits per heavy atom. The van der Waals surface area contributed by atoms with Gasteiger partial charge in [-0.15, -0.1) is 0 Å². The van der Waals surface area contributed by atoms with Gasteiger partial charge < -0.3 is 19.7 Å². The van der Waals surface area contributed by atoms with Gasteiger partial charge in [0, 0.05) is 30.3 Å². The van der Waals surface area contributed by atoms with Crippen LogP contribution in [0.2, 0.25) is 0 Å². The van der Waals surface area contributed by atoms with E-state index in [-0.39, 0.29) is 23.9 Å². The fourth-order valence-electron chi connectivity index (χ4n) is 3.88. The summed E-state index contributed by atoms with van der Waals surface area (Å²) in [5, 5.41) is 12.2. The molecule has 1 fully saturated rings. The van der Waals surface area contributed by atoms with Gasteiger partial charge in [0.25, 0.3) is 5.91 Å². The van der Waals surface area contributed by atoms with Gasteiger partial charge in [-0.1, -0.05) is 12.1 Å². The lowest BCUT2D eigenvalue weighted by Gasteiger charge is -2.25. The number of aromatic nitrogens is 1. The molecule has 0 aliphatic heterocycles. The number of carbonyl (C=O) groups excluding carboxylic acids is 2. The summed E-state index contributed by atoms with van der Waals surface area (Å²) in [7, 11) is 1.79. The van der Waals surface area contributed by atoms with Crippen LogP contribution in [-0.4, -0.2) is 52.0 Å². The Balaban J connectivity index is 1.41. The predicted octanol–water partition coefficient (Wildman–Crippen LogP) is 2.98. The van der Waals surface area contributed by atoms with Crippen LogP contribution in [0.1, 0.15) is 36.5 Å². The van der Waals surface area contributed by atoms with Crippen molar-refractivity contribution in [2.24, 2.45) is 0 Å². The third-order valence-electron chi connectivity index (χ3n) is 5.67. The fourth-order valence-corrected chi connectivity index (χ4v) is 3.88. The van der Waals surface area contributed by atoms with Gasteiger partial charge in [0.05, 0.1) is 0 Å². The lowest BCUT2D eigenvalue weighted by atomic mass is 10.1. The van der Waals surface area contributed by atoms with Gasteiger partial charge >= 0.3 is 0 Å². The lowest BCUT2D eigenvalue weighted by molar-refractivity contribution is -0.129. The van der Waals surface area contributed by atoms with Crippen LogP contribution in [0.4, 0.5) is 0 Å². The number of fused-ring (bicyclic) bond motifs is 1. The molecule has 2 aromatic carbocycles. The molecule has 4 rings (SSSR count). The maximum absolute atomic E-state index is 12.9. The molecule has 2 N–H and O–H groups in total. The summed E-state index contributed by atoms with van der Waals surface area (Å²) >= 11 is 0. The van der Waals surface area contributed by atoms with Gasteiger partial charge in [0.2, 0.25) is 11.8 Å². The molecule has 30 heavy (non-hydrogen) atoms. The number of rotatable bonds is 5. The fraction of sp³-hybridized carbons (Fsp3) is 0.348. The average molecular weight is 407 g/mol. The highest BCUT2D eigenvalue weighted by atomic mass is 16.3. The molecule has 7 heteroatoms. The molecule has 3 aromatic rings. The summed E-state index contributed by atoms with van der Waals surface area (Å²) in [5.74, 6) is 0.0899. The minimum Gasteiger partial charge on any atom is -0.436 e. The van der Waals surface area contributed by atoms with Crippen LogP contribution in [0.5, 0.6) is 0 Å². The van der Waals surface area contributed by atoms with E-state index in [0.717, 1.165) is 29.5 Å². The van der Waals surface area contributed by atoms with Crippen molar-refractivity contribution in [3.05, 3.63) is 54.1 Å². The quantitative estimate of drug-likeness (QED) is 0.678. The van der Waals surface area contributed by atoms with E-state index in [1.165, 1.54) is 6.92 Å². The van der Waals surface area contributed by atoms with Crippen molar-refractivity contribution in [1.82, 2.24) is 15.2 Å². The molecule has 1 aliphatic carbocycles. The highest BCUT2D eigenvalue weighted by molar-refractivity contribution is 5.94. The molecule has 0 saturated heterocycles. The first-order chi connectivity index (χ1) is 14.4. The van der Waals surface area contributed by atoms with Crippen LogP contribution in [-0.2, 0) is 4.79 Å². The summed E-state index contributed by atoms with van der Waals surface area (Å²) in [6.45, 7) is 1.45. The molecule has 1 saturated carbocycles. The summed E-state index contributed by atoms with van der Waals surface area (Å²) in [4.78, 5) is 30.8. The van der Waals surface area contributed by atoms with Crippen molar-refractivity contribution in [2.45, 2.75) is 44.4 Å². The van der Waals surface area contributed by atoms with Crippen LogP contribution < -0.4 is 5.32 Å². The summed E-state index contributed by atoms with van der Waals surface area (Å²) in [5.41, 5.74) is 2.93. The SMILES string of the molecule is C[C@H](O)C(=O)N[C@H]1CCC(N(C)C(=O)c2ccc(-c3nc4ccccc4o3)cc2)C1. The van der Waals surface area contributed by atoms with Crippen LogP contribution >= 0.6 is 0 Å². The van der Waals surface area contributed by atoms with Crippen LogP contribution in [0, 0.1) is 0 Å². The second-order valence-corrected chi connectivity index (χ2v) is 7.83. The summed E-state index contributed by atoms with van der Waals surface area (Å²) < 4.78 is 5.78. The smallest absolute Gasteiger partial charge is 0.253 e. The van der Waals surface area contributed by atoms with Crippen molar-refractivity contribution in [3.8, 4) is 11.5 Å². The zero-order valence-electron chi connectivity index (χ0n) is 17.0. The number of hydrogen-bond donors (Lipinski definition) is 2. The number of nitrogens with zero attached hydrogens (tertiary/aromatic N) is 2. The number of nitrogens with one attached hydrogen (secondary N) is 1. The monoisotopic (exact) mass is 407 g/mol. The Bertz CT molecular complexity index is 1020. The maximum Gasteiger partial charge on any atom is 0.253 e. The first-order valence-electron chi connectivity index (χ1n) is 10.1. The molecule has 0 bridgehead atoms. The first-order valence-corrected chi connectivity index (χ1v) is 10.1. The normalized spacial score (nSPS) is 19.6. The number of carbonyl (C=O) groups is 2. The zero-order valence-corrected chi connectivity index (χ0v) is 17.0. The van der Waals surface area contributed by atoms with Gasteiger partial charge in [-0.25, -0.2) is 4.98 Å². The van der Waals surface area contributed by atoms with E-state index in [9.17, 15) is 14.7 Å². The highest BCUT2D eigenvalue weighted by Gasteiger charge is 2.31. The second kappa shape index (κ2) is 8.28. The number of aliphatic hydroxyl groups is 1. The van der Waals surface area contributed by atoms with Crippen LogP contribution in [0.25, 0.3) is 22.6 Å². The molecule has 1 heterocycles. The second-order valence-electron chi connectivity index (χ2n) is 7.83. The average Bonchev–Trinajstić information content (AvgIpc) is 3.39. The Hall–Kier alpha value is -3.19. The molecule has 0 radical (unpaired) electrons. The predicted molar refractivity (Wildman–Crippen MR) is 113 cm³/mol. The topological polar surface area (TPSA) is 95.7 Å². The third-order valence-corrected chi connectivity index (χ3v) is 5.67. The van der Waals surface area contributed by atoms with Gasteiger partial charge in [-0.05, 0) is 62.6 Å². The number of aliphatic hydroxyl groups excluding tert-OH is 1. The number of amides is 2. The highest BCUT2D eigenvalue weighted by Crippen LogP contribution is 2.27. The van der Waals surface area contributed by atoms with Gasteiger partial charge in [-0.2, -0.15) is 0 Å². The number of oxazole rings is 1. The largest absolute Gasteiger partial charge is 0.436 e. The van der Waals surface area contributed by atoms with Crippen LogP contribution in [0.3, 0.4) is 0 Å². The molecule has 3 atom stereocenters. The molecule has 1 aliphatic rings. The summed E-state index contributed by atoms with van der Waals surface area (Å²) in [6, 6.07) is 14.9. The molecule has 7 nitrogen and oxygen atoms in total. The molecule has 156 valence electrons. The minimum atomic E-state index is -1.02. The Labute approximate surface area is 174 Å². The van der Waals surface area contributed by atoms with Gasteiger partial charge in [0.15, 0.2) is 5.58 Å². The van der Waals surface area contributed by atoms with Crippen molar-refractivity contribution >= 4 is 22.9 Å². The van der Waals surface area contributed by atoms with Crippen molar-refractivity contribution in [1.29, 1.82) is 0 Å². The van der Waals surface area contributed by atoms with E-state index in [1.54, 1.807) is 24.1 Å². The number of hydrogen-bond acceptors (Lipinski definition) is 5. The Morgan fingerprint density at radius 1 is 1.17 bits per heavy atom. The van der Waals surface area contributed by atoms with E-state index < -0.39 is 6.10 Å². The van der Waals surface area contributed by atoms with E-state index >= 15 is 0 Å². The lowest BCUT2D eigenvalue weighted by Crippen LogP contribution is -2.41. The first kappa shape index (κ1) is 20.1. The van der Waals surface area contributed by atoms with Gasteiger partial charge in [0.1, 0.15) is 11.6 Å². The minimum absolute atomic E-state index is 0.0196. The standard InChI is InChI=1S/C23H25N3O4/c1-14(27)21(28)24-17-11-12-18(13-17)26(2)23(29)16-9-7-15(8-10-16)22-25-19-5-3-4-6-20(19)30-22/h3-10,14,17-18,27H,11-13H2,1-2H3,(H,24,28)/t14-,17-,18?/m0/s1. The number of para-hydroxylation sites is 2. The maximum atomic E-state index is 12.9. The molecule has 2 amide bonds. The van der Waals surface area contributed by atoms with Crippen molar-refractivity contribution < 1.29 is 19.1 Å².